The summed E-state index contributed by atoms with van der Waals surface area (Å²) in [5.74, 6) is -0.133. The van der Waals surface area contributed by atoms with Crippen molar-refractivity contribution in [2.45, 2.75) is 58.0 Å². The number of amides is 2. The second kappa shape index (κ2) is 13.5. The number of nitrogens with zero attached hydrogens (tertiary/aromatic N) is 2. The van der Waals surface area contributed by atoms with Crippen molar-refractivity contribution < 1.29 is 19.1 Å². The van der Waals surface area contributed by atoms with Crippen LogP contribution in [-0.4, -0.2) is 53.5 Å². The summed E-state index contributed by atoms with van der Waals surface area (Å²) in [7, 11) is 1.73. The highest BCUT2D eigenvalue weighted by Gasteiger charge is 2.36. The van der Waals surface area contributed by atoms with E-state index < -0.39 is 11.7 Å². The van der Waals surface area contributed by atoms with Crippen LogP contribution >= 0.6 is 11.6 Å². The van der Waals surface area contributed by atoms with Gasteiger partial charge in [-0.25, -0.2) is 9.59 Å². The first-order chi connectivity index (χ1) is 20.0. The number of ether oxygens (including phenoxy) is 2. The van der Waals surface area contributed by atoms with E-state index in [0.29, 0.717) is 44.1 Å². The summed E-state index contributed by atoms with van der Waals surface area (Å²) >= 11 is 7.01. The number of aromatic nitrogens is 1. The zero-order chi connectivity index (χ0) is 30.4. The smallest absolute Gasteiger partial charge is 0.410 e. The number of alkyl carbamates (subject to hydrolysis) is 1. The molecule has 1 aliphatic rings. The average molecular weight is 594 g/mol. The Morgan fingerprint density at radius 3 is 2.52 bits per heavy atom. The molecule has 1 aliphatic heterocycles. The SMILES string of the molecule is CCOC(=O)NCCc1ccccc1-c1ccc([C@@H]2CN(C(=O)OC(C)(C)C)CC[C@H]2c2ccn(C)c(=O)c2)c(Cl)c1. The quantitative estimate of drug-likeness (QED) is 0.338. The highest BCUT2D eigenvalue weighted by molar-refractivity contribution is 6.31. The van der Waals surface area contributed by atoms with Gasteiger partial charge in [-0.3, -0.25) is 4.79 Å². The predicted molar refractivity (Wildman–Crippen MR) is 165 cm³/mol. The third-order valence-electron chi connectivity index (χ3n) is 7.49. The van der Waals surface area contributed by atoms with Crippen molar-refractivity contribution in [1.82, 2.24) is 14.8 Å². The Bertz CT molecular complexity index is 1480. The van der Waals surface area contributed by atoms with Crippen molar-refractivity contribution in [3.05, 3.63) is 92.9 Å². The fourth-order valence-corrected chi connectivity index (χ4v) is 5.77. The number of hydrogen-bond acceptors (Lipinski definition) is 5. The maximum Gasteiger partial charge on any atom is 0.410 e. The van der Waals surface area contributed by atoms with Crippen LogP contribution < -0.4 is 10.9 Å². The van der Waals surface area contributed by atoms with Crippen LogP contribution in [0.2, 0.25) is 5.02 Å². The molecular weight excluding hydrogens is 554 g/mol. The summed E-state index contributed by atoms with van der Waals surface area (Å²) in [6.45, 7) is 9.06. The van der Waals surface area contributed by atoms with E-state index in [0.717, 1.165) is 27.8 Å². The summed E-state index contributed by atoms with van der Waals surface area (Å²) in [4.78, 5) is 39.0. The maximum atomic E-state index is 13.0. The van der Waals surface area contributed by atoms with Crippen molar-refractivity contribution in [3.63, 3.8) is 0 Å². The Morgan fingerprint density at radius 1 is 1.07 bits per heavy atom. The molecule has 0 aliphatic carbocycles. The minimum absolute atomic E-state index is 0.00201. The van der Waals surface area contributed by atoms with E-state index in [1.807, 2.05) is 69.3 Å². The van der Waals surface area contributed by atoms with Crippen molar-refractivity contribution in [1.29, 1.82) is 0 Å². The van der Waals surface area contributed by atoms with Crippen molar-refractivity contribution in [2.24, 2.45) is 7.05 Å². The minimum Gasteiger partial charge on any atom is -0.450 e. The van der Waals surface area contributed by atoms with E-state index in [-0.39, 0.29) is 23.5 Å². The van der Waals surface area contributed by atoms with Gasteiger partial charge >= 0.3 is 12.2 Å². The number of carbonyl (C=O) groups is 2. The minimum atomic E-state index is -0.604. The molecule has 2 amide bonds. The Balaban J connectivity index is 1.64. The van der Waals surface area contributed by atoms with Gasteiger partial charge in [-0.05, 0) is 86.4 Å². The molecule has 8 nitrogen and oxygen atoms in total. The van der Waals surface area contributed by atoms with Crippen LogP contribution in [0.1, 0.15) is 62.6 Å². The number of rotatable bonds is 7. The summed E-state index contributed by atoms with van der Waals surface area (Å²) < 4.78 is 12.2. The van der Waals surface area contributed by atoms with Crippen LogP contribution in [0.5, 0.6) is 0 Å². The fraction of sp³-hybridized carbons (Fsp3) is 0.424. The molecule has 1 N–H and O–H groups in total. The Kier molecular flexibility index (Phi) is 9.99. The van der Waals surface area contributed by atoms with Gasteiger partial charge in [0.25, 0.3) is 5.56 Å². The lowest BCUT2D eigenvalue weighted by Crippen LogP contribution is -2.44. The number of halogens is 1. The summed E-state index contributed by atoms with van der Waals surface area (Å²) in [5.41, 5.74) is 4.24. The van der Waals surface area contributed by atoms with E-state index in [9.17, 15) is 14.4 Å². The van der Waals surface area contributed by atoms with Gasteiger partial charge in [0.15, 0.2) is 0 Å². The molecule has 2 heterocycles. The third kappa shape index (κ3) is 7.73. The number of hydrogen-bond donors (Lipinski definition) is 1. The molecule has 42 heavy (non-hydrogen) atoms. The predicted octanol–water partition coefficient (Wildman–Crippen LogP) is 6.50. The maximum absolute atomic E-state index is 13.0. The van der Waals surface area contributed by atoms with Crippen molar-refractivity contribution in [2.75, 3.05) is 26.2 Å². The highest BCUT2D eigenvalue weighted by Crippen LogP contribution is 2.43. The Morgan fingerprint density at radius 2 is 1.83 bits per heavy atom. The molecule has 2 atom stereocenters. The molecule has 0 spiro atoms. The Labute approximate surface area is 252 Å². The molecule has 3 aromatic rings. The zero-order valence-corrected chi connectivity index (χ0v) is 25.7. The number of nitrogens with one attached hydrogen (secondary N) is 1. The second-order valence-corrected chi connectivity index (χ2v) is 12.0. The van der Waals surface area contributed by atoms with Gasteiger partial charge < -0.3 is 24.3 Å². The van der Waals surface area contributed by atoms with E-state index in [1.165, 1.54) is 0 Å². The number of carbonyl (C=O) groups excluding carboxylic acids is 2. The molecule has 224 valence electrons. The van der Waals surface area contributed by atoms with E-state index in [2.05, 4.69) is 5.32 Å². The van der Waals surface area contributed by atoms with Crippen LogP contribution in [0.15, 0.2) is 65.6 Å². The molecule has 0 bridgehead atoms. The normalized spacial score (nSPS) is 17.0. The summed E-state index contributed by atoms with van der Waals surface area (Å²) in [6, 6.07) is 17.7. The number of likely N-dealkylation sites (tertiary alicyclic amines) is 1. The molecule has 0 saturated carbocycles. The van der Waals surface area contributed by atoms with Crippen LogP contribution in [0.3, 0.4) is 0 Å². The Hall–Kier alpha value is -3.78. The van der Waals surface area contributed by atoms with E-state index in [4.69, 9.17) is 21.1 Å². The van der Waals surface area contributed by atoms with E-state index in [1.54, 1.807) is 35.7 Å². The largest absolute Gasteiger partial charge is 0.450 e. The lowest BCUT2D eigenvalue weighted by Gasteiger charge is -2.40. The van der Waals surface area contributed by atoms with Gasteiger partial charge in [0.1, 0.15) is 5.60 Å². The molecule has 2 aromatic carbocycles. The topological polar surface area (TPSA) is 89.9 Å². The third-order valence-corrected chi connectivity index (χ3v) is 7.82. The first-order valence-corrected chi connectivity index (χ1v) is 14.8. The standard InChI is InChI=1S/C33H40ClN3O5/c1-6-41-31(39)35-16-13-22-9-7-8-10-25(22)23-11-12-27(29(34)19-23)28-21-37(32(40)42-33(2,3)4)18-15-26(28)24-14-17-36(5)30(38)20-24/h7-12,14,17,19-20,26,28H,6,13,15-16,18,21H2,1-5H3,(H,35,39)/t26-,28+/m0/s1. The first kappa shape index (κ1) is 31.2. The van der Waals surface area contributed by atoms with Crippen LogP contribution in [0.4, 0.5) is 9.59 Å². The molecule has 4 rings (SSSR count). The first-order valence-electron chi connectivity index (χ1n) is 14.4. The fourth-order valence-electron chi connectivity index (χ4n) is 5.45. The van der Waals surface area contributed by atoms with Gasteiger partial charge in [-0.15, -0.1) is 0 Å². The molecule has 9 heteroatoms. The van der Waals surface area contributed by atoms with Gasteiger partial charge in [-0.1, -0.05) is 48.0 Å². The zero-order valence-electron chi connectivity index (χ0n) is 25.0. The number of benzene rings is 2. The molecular formula is C33H40ClN3O5. The molecule has 0 unspecified atom stereocenters. The molecule has 1 saturated heterocycles. The van der Waals surface area contributed by atoms with Crippen LogP contribution in [0.25, 0.3) is 11.1 Å². The number of aryl methyl sites for hydroxylation is 1. The lowest BCUT2D eigenvalue weighted by molar-refractivity contribution is 0.0184. The number of pyridine rings is 1. The van der Waals surface area contributed by atoms with Crippen LogP contribution in [-0.2, 0) is 22.9 Å². The summed E-state index contributed by atoms with van der Waals surface area (Å²) in [5, 5.41) is 3.37. The highest BCUT2D eigenvalue weighted by atomic mass is 35.5. The van der Waals surface area contributed by atoms with Crippen molar-refractivity contribution in [3.8, 4) is 11.1 Å². The number of piperidine rings is 1. The molecule has 0 radical (unpaired) electrons. The monoisotopic (exact) mass is 593 g/mol. The molecule has 1 fully saturated rings. The lowest BCUT2D eigenvalue weighted by atomic mass is 9.76. The van der Waals surface area contributed by atoms with Crippen LogP contribution in [0, 0.1) is 0 Å². The average Bonchev–Trinajstić information content (AvgIpc) is 2.94. The van der Waals surface area contributed by atoms with Crippen molar-refractivity contribution >= 4 is 23.8 Å². The molecule has 1 aromatic heterocycles. The van der Waals surface area contributed by atoms with Gasteiger partial charge in [0.05, 0.1) is 6.61 Å². The van der Waals surface area contributed by atoms with Gasteiger partial charge in [-0.2, -0.15) is 0 Å². The van der Waals surface area contributed by atoms with Gasteiger partial charge in [0.2, 0.25) is 0 Å². The van der Waals surface area contributed by atoms with E-state index >= 15 is 0 Å². The second-order valence-electron chi connectivity index (χ2n) is 11.6. The van der Waals surface area contributed by atoms with Gasteiger partial charge in [0, 0.05) is 49.9 Å². The summed E-state index contributed by atoms with van der Waals surface area (Å²) in [6.07, 6.45) is 2.31.